The van der Waals surface area contributed by atoms with E-state index in [0.717, 1.165) is 41.4 Å². The second kappa shape index (κ2) is 4.70. The Morgan fingerprint density at radius 1 is 1.33 bits per heavy atom. The largest absolute Gasteiger partial charge is 0.345 e. The topological polar surface area (TPSA) is 83.2 Å². The van der Waals surface area contributed by atoms with Gasteiger partial charge in [-0.2, -0.15) is 15.5 Å². The van der Waals surface area contributed by atoms with Gasteiger partial charge in [0.2, 0.25) is 0 Å². The molecule has 0 bridgehead atoms. The SMILES string of the molecule is N#CC1CCCC1n1cc(-c2cnnc3[nH]ccc23)cn1. The van der Waals surface area contributed by atoms with Crippen molar-refractivity contribution >= 4 is 11.0 Å². The third-order valence-electron chi connectivity index (χ3n) is 4.26. The van der Waals surface area contributed by atoms with Gasteiger partial charge in [0.15, 0.2) is 5.65 Å². The van der Waals surface area contributed by atoms with Crippen molar-refractivity contribution in [2.45, 2.75) is 25.3 Å². The van der Waals surface area contributed by atoms with Crippen LogP contribution < -0.4 is 0 Å². The maximum absolute atomic E-state index is 9.22. The second-order valence-electron chi connectivity index (χ2n) is 5.44. The van der Waals surface area contributed by atoms with E-state index in [-0.39, 0.29) is 12.0 Å². The number of fused-ring (bicyclic) bond motifs is 1. The van der Waals surface area contributed by atoms with Crippen molar-refractivity contribution in [2.75, 3.05) is 0 Å². The summed E-state index contributed by atoms with van der Waals surface area (Å²) in [7, 11) is 0. The minimum absolute atomic E-state index is 0.0700. The van der Waals surface area contributed by atoms with Crippen LogP contribution in [-0.4, -0.2) is 25.0 Å². The number of aromatic amines is 1. The molecule has 0 aromatic carbocycles. The van der Waals surface area contributed by atoms with Crippen LogP contribution in [0.1, 0.15) is 25.3 Å². The van der Waals surface area contributed by atoms with E-state index in [4.69, 9.17) is 0 Å². The first-order valence-electron chi connectivity index (χ1n) is 7.10. The first-order valence-corrected chi connectivity index (χ1v) is 7.10. The highest BCUT2D eigenvalue weighted by molar-refractivity contribution is 5.91. The number of hydrogen-bond donors (Lipinski definition) is 1. The normalized spacial score (nSPS) is 21.7. The molecule has 6 heteroatoms. The number of nitriles is 1. The average molecular weight is 278 g/mol. The van der Waals surface area contributed by atoms with Crippen molar-refractivity contribution in [3.05, 3.63) is 30.9 Å². The smallest absolute Gasteiger partial charge is 0.160 e. The molecule has 1 N–H and O–H groups in total. The van der Waals surface area contributed by atoms with Gasteiger partial charge in [-0.15, -0.1) is 5.10 Å². The highest BCUT2D eigenvalue weighted by Crippen LogP contribution is 2.36. The van der Waals surface area contributed by atoms with Crippen LogP contribution in [0.3, 0.4) is 0 Å². The molecule has 4 rings (SSSR count). The quantitative estimate of drug-likeness (QED) is 0.781. The molecule has 0 aliphatic heterocycles. The lowest BCUT2D eigenvalue weighted by Gasteiger charge is -2.13. The van der Waals surface area contributed by atoms with Gasteiger partial charge >= 0.3 is 0 Å². The summed E-state index contributed by atoms with van der Waals surface area (Å²) in [5.74, 6) is 0.0700. The van der Waals surface area contributed by atoms with E-state index in [1.54, 1.807) is 6.20 Å². The molecule has 3 heterocycles. The van der Waals surface area contributed by atoms with Crippen molar-refractivity contribution in [3.63, 3.8) is 0 Å². The van der Waals surface area contributed by atoms with E-state index in [1.807, 2.05) is 29.3 Å². The Balaban J connectivity index is 1.75. The Morgan fingerprint density at radius 2 is 2.29 bits per heavy atom. The molecule has 3 aromatic rings. The molecular weight excluding hydrogens is 264 g/mol. The van der Waals surface area contributed by atoms with Crippen LogP contribution in [0.2, 0.25) is 0 Å². The third kappa shape index (κ3) is 1.89. The van der Waals surface area contributed by atoms with Crippen LogP contribution in [0.25, 0.3) is 22.2 Å². The molecule has 0 spiro atoms. The molecule has 3 aromatic heterocycles. The third-order valence-corrected chi connectivity index (χ3v) is 4.26. The van der Waals surface area contributed by atoms with E-state index < -0.39 is 0 Å². The summed E-state index contributed by atoms with van der Waals surface area (Å²) in [6.45, 7) is 0. The number of hydrogen-bond acceptors (Lipinski definition) is 4. The lowest BCUT2D eigenvalue weighted by molar-refractivity contribution is 0.409. The van der Waals surface area contributed by atoms with Gasteiger partial charge in [0, 0.05) is 28.9 Å². The van der Waals surface area contributed by atoms with Crippen LogP contribution >= 0.6 is 0 Å². The highest BCUT2D eigenvalue weighted by Gasteiger charge is 2.29. The molecule has 21 heavy (non-hydrogen) atoms. The first kappa shape index (κ1) is 12.1. The average Bonchev–Trinajstić information content (AvgIpc) is 3.24. The van der Waals surface area contributed by atoms with Gasteiger partial charge in [-0.3, -0.25) is 4.68 Å². The fraction of sp³-hybridized carbons (Fsp3) is 0.333. The van der Waals surface area contributed by atoms with Gasteiger partial charge in [0.1, 0.15) is 0 Å². The van der Waals surface area contributed by atoms with E-state index in [2.05, 4.69) is 26.3 Å². The highest BCUT2D eigenvalue weighted by atomic mass is 15.3. The lowest BCUT2D eigenvalue weighted by atomic mass is 10.1. The van der Waals surface area contributed by atoms with Gasteiger partial charge in [0.05, 0.1) is 30.4 Å². The summed E-state index contributed by atoms with van der Waals surface area (Å²) >= 11 is 0. The standard InChI is InChI=1S/C15H14N6/c16-6-10-2-1-3-14(10)21-9-11(7-19-21)13-8-18-20-15-12(13)4-5-17-15/h4-5,7-10,14H,1-3H2,(H,17,20). The Bertz CT molecular complexity index is 824. The molecule has 6 nitrogen and oxygen atoms in total. The number of H-pyrrole nitrogens is 1. The van der Waals surface area contributed by atoms with Gasteiger partial charge < -0.3 is 4.98 Å². The predicted octanol–water partition coefficient (Wildman–Crippen LogP) is 2.69. The second-order valence-corrected chi connectivity index (χ2v) is 5.44. The van der Waals surface area contributed by atoms with E-state index in [1.165, 1.54) is 0 Å². The summed E-state index contributed by atoms with van der Waals surface area (Å²) in [4.78, 5) is 3.06. The van der Waals surface area contributed by atoms with Crippen molar-refractivity contribution in [3.8, 4) is 17.2 Å². The Kier molecular flexibility index (Phi) is 2.71. The number of aromatic nitrogens is 5. The molecule has 2 unspecified atom stereocenters. The van der Waals surface area contributed by atoms with Gasteiger partial charge in [-0.25, -0.2) is 0 Å². The fourth-order valence-electron chi connectivity index (χ4n) is 3.17. The zero-order valence-electron chi connectivity index (χ0n) is 11.4. The Morgan fingerprint density at radius 3 is 3.19 bits per heavy atom. The van der Waals surface area contributed by atoms with Gasteiger partial charge in [-0.1, -0.05) is 0 Å². The summed E-state index contributed by atoms with van der Waals surface area (Å²) in [6.07, 6.45) is 10.6. The van der Waals surface area contributed by atoms with Gasteiger partial charge in [0.25, 0.3) is 0 Å². The Labute approximate surface area is 121 Å². The van der Waals surface area contributed by atoms with Crippen molar-refractivity contribution in [2.24, 2.45) is 5.92 Å². The molecule has 2 atom stereocenters. The molecule has 1 fully saturated rings. The molecule has 0 amide bonds. The monoisotopic (exact) mass is 278 g/mol. The number of rotatable bonds is 2. The van der Waals surface area contributed by atoms with Crippen LogP contribution in [0.4, 0.5) is 0 Å². The molecule has 1 aliphatic carbocycles. The Hall–Kier alpha value is -2.68. The maximum atomic E-state index is 9.22. The van der Waals surface area contributed by atoms with Crippen molar-refractivity contribution in [1.82, 2.24) is 25.0 Å². The zero-order chi connectivity index (χ0) is 14.2. The molecule has 1 saturated carbocycles. The lowest BCUT2D eigenvalue weighted by Crippen LogP contribution is -2.12. The minimum Gasteiger partial charge on any atom is -0.345 e. The molecular formula is C15H14N6. The maximum Gasteiger partial charge on any atom is 0.160 e. The van der Waals surface area contributed by atoms with Crippen LogP contribution in [0.5, 0.6) is 0 Å². The van der Waals surface area contributed by atoms with E-state index in [0.29, 0.717) is 0 Å². The first-order chi connectivity index (χ1) is 10.4. The van der Waals surface area contributed by atoms with E-state index >= 15 is 0 Å². The zero-order valence-corrected chi connectivity index (χ0v) is 11.4. The molecule has 104 valence electrons. The van der Waals surface area contributed by atoms with Crippen molar-refractivity contribution in [1.29, 1.82) is 5.26 Å². The van der Waals surface area contributed by atoms with Crippen molar-refractivity contribution < 1.29 is 0 Å². The van der Waals surface area contributed by atoms with Crippen LogP contribution in [0, 0.1) is 17.2 Å². The molecule has 0 saturated heterocycles. The molecule has 0 radical (unpaired) electrons. The summed E-state index contributed by atoms with van der Waals surface area (Å²) in [6, 6.07) is 4.58. The summed E-state index contributed by atoms with van der Waals surface area (Å²) in [5.41, 5.74) is 2.80. The number of nitrogens with zero attached hydrogens (tertiary/aromatic N) is 5. The summed E-state index contributed by atoms with van der Waals surface area (Å²) < 4.78 is 1.94. The van der Waals surface area contributed by atoms with E-state index in [9.17, 15) is 5.26 Å². The fourth-order valence-corrected chi connectivity index (χ4v) is 3.17. The number of nitrogens with one attached hydrogen (secondary N) is 1. The summed E-state index contributed by atoms with van der Waals surface area (Å²) in [5, 5.41) is 22.8. The predicted molar refractivity (Wildman–Crippen MR) is 77.1 cm³/mol. The molecule has 1 aliphatic rings. The van der Waals surface area contributed by atoms with Crippen LogP contribution in [0.15, 0.2) is 30.9 Å². The minimum atomic E-state index is 0.0700. The van der Waals surface area contributed by atoms with Gasteiger partial charge in [-0.05, 0) is 25.3 Å². The van der Waals surface area contributed by atoms with Crippen LogP contribution in [-0.2, 0) is 0 Å².